The molecule has 2 rings (SSSR count). The smallest absolute Gasteiger partial charge is 0.243 e. The second-order valence-corrected chi connectivity index (χ2v) is 6.35. The Morgan fingerprint density at radius 1 is 1.50 bits per heavy atom. The highest BCUT2D eigenvalue weighted by molar-refractivity contribution is 9.10. The third-order valence-corrected chi connectivity index (χ3v) is 4.55. The van der Waals surface area contributed by atoms with Crippen molar-refractivity contribution in [2.45, 2.75) is 11.8 Å². The van der Waals surface area contributed by atoms with Gasteiger partial charge >= 0.3 is 0 Å². The summed E-state index contributed by atoms with van der Waals surface area (Å²) in [5.74, 6) is 1.26. The average Bonchev–Trinajstić information content (AvgIpc) is 2.45. The lowest BCUT2D eigenvalue weighted by Crippen LogP contribution is -2.39. The van der Waals surface area contributed by atoms with E-state index in [1.807, 2.05) is 12.1 Å². The van der Waals surface area contributed by atoms with Crippen LogP contribution in [-0.2, 0) is 15.3 Å². The molecule has 20 heavy (non-hydrogen) atoms. The monoisotopic (exact) mass is 354 g/mol. The van der Waals surface area contributed by atoms with Crippen LogP contribution in [0.15, 0.2) is 35.3 Å². The highest BCUT2D eigenvalue weighted by atomic mass is 79.9. The number of thioether (sulfide) groups is 1. The lowest BCUT2D eigenvalue weighted by molar-refractivity contribution is -0.124. The third kappa shape index (κ3) is 3.86. The zero-order chi connectivity index (χ0) is 14.5. The molecule has 0 aliphatic carbocycles. The van der Waals surface area contributed by atoms with Gasteiger partial charge in [-0.05, 0) is 29.3 Å². The van der Waals surface area contributed by atoms with E-state index in [9.17, 15) is 9.59 Å². The molecule has 6 heteroatoms. The molecule has 106 valence electrons. The number of benzene rings is 1. The van der Waals surface area contributed by atoms with E-state index in [0.717, 1.165) is 27.6 Å². The Bertz CT molecular complexity index is 548. The molecule has 0 spiro atoms. The van der Waals surface area contributed by atoms with Crippen molar-refractivity contribution in [3.05, 3.63) is 46.5 Å². The maximum atomic E-state index is 11.8. The van der Waals surface area contributed by atoms with Crippen LogP contribution in [0, 0.1) is 0 Å². The molecule has 4 nitrogen and oxygen atoms in total. The van der Waals surface area contributed by atoms with Gasteiger partial charge in [0, 0.05) is 16.0 Å². The van der Waals surface area contributed by atoms with Gasteiger partial charge in [0.25, 0.3) is 0 Å². The normalized spacial score (nSPS) is 16.9. The molecule has 1 unspecified atom stereocenters. The molecular formula is C14H15BrN2O2S. The number of rotatable bonds is 4. The van der Waals surface area contributed by atoms with Gasteiger partial charge < -0.3 is 10.6 Å². The minimum absolute atomic E-state index is 0.0191. The fourth-order valence-electron chi connectivity index (χ4n) is 2.00. The van der Waals surface area contributed by atoms with Crippen molar-refractivity contribution in [3.8, 4) is 0 Å². The van der Waals surface area contributed by atoms with E-state index in [1.165, 1.54) is 5.56 Å². The van der Waals surface area contributed by atoms with Crippen molar-refractivity contribution in [1.29, 1.82) is 0 Å². The summed E-state index contributed by atoms with van der Waals surface area (Å²) in [5.41, 5.74) is 2.38. The number of carbonyl (C=O) groups excluding carboxylic acids is 2. The first-order valence-corrected chi connectivity index (χ1v) is 8.10. The second-order valence-electron chi connectivity index (χ2n) is 4.40. The van der Waals surface area contributed by atoms with Crippen LogP contribution in [0.4, 0.5) is 0 Å². The van der Waals surface area contributed by atoms with Crippen molar-refractivity contribution in [1.82, 2.24) is 10.6 Å². The van der Waals surface area contributed by atoms with Crippen molar-refractivity contribution in [3.63, 3.8) is 0 Å². The van der Waals surface area contributed by atoms with Crippen LogP contribution in [-0.4, -0.2) is 24.1 Å². The summed E-state index contributed by atoms with van der Waals surface area (Å²) in [6.45, 7) is 3.31. The molecule has 2 amide bonds. The van der Waals surface area contributed by atoms with Crippen LogP contribution >= 0.6 is 27.7 Å². The van der Waals surface area contributed by atoms with Crippen LogP contribution in [0.2, 0.25) is 0 Å². The van der Waals surface area contributed by atoms with E-state index < -0.39 is 0 Å². The first-order chi connectivity index (χ1) is 9.60. The van der Waals surface area contributed by atoms with Gasteiger partial charge in [-0.2, -0.15) is 11.8 Å². The molecule has 2 N–H and O–H groups in total. The van der Waals surface area contributed by atoms with E-state index in [2.05, 4.69) is 39.2 Å². The topological polar surface area (TPSA) is 58.2 Å². The molecule has 0 bridgehead atoms. The van der Waals surface area contributed by atoms with Gasteiger partial charge in [-0.1, -0.05) is 28.6 Å². The largest absolute Gasteiger partial charge is 0.347 e. The number of fused-ring (bicyclic) bond motifs is 1. The molecule has 0 saturated carbocycles. The average molecular weight is 355 g/mol. The molecule has 1 aliphatic heterocycles. The van der Waals surface area contributed by atoms with E-state index in [4.69, 9.17) is 0 Å². The minimum atomic E-state index is -0.346. The number of nitrogens with one attached hydrogen (secondary N) is 2. The molecular weight excluding hydrogens is 340 g/mol. The molecule has 1 aliphatic rings. The predicted molar refractivity (Wildman–Crippen MR) is 84.4 cm³/mol. The Hall–Kier alpha value is -1.27. The zero-order valence-electron chi connectivity index (χ0n) is 10.8. The summed E-state index contributed by atoms with van der Waals surface area (Å²) >= 11 is 5.24. The number of halogens is 1. The van der Waals surface area contributed by atoms with Crippen LogP contribution in [0.1, 0.15) is 17.2 Å². The summed E-state index contributed by atoms with van der Waals surface area (Å²) in [6, 6.07) is 6.11. The van der Waals surface area contributed by atoms with Gasteiger partial charge in [-0.25, -0.2) is 0 Å². The standard InChI is InChI=1S/C14H15BrN2O2S/c1-2-13(18)16-6-14(19)17-12-8-20-7-9-3-4-10(15)5-11(9)12/h2-5,12H,1,6-8H2,(H,16,18)(H,17,19). The third-order valence-electron chi connectivity index (χ3n) is 2.97. The Kier molecular flexibility index (Phi) is 5.25. The summed E-state index contributed by atoms with van der Waals surface area (Å²) in [5, 5.41) is 5.42. The van der Waals surface area contributed by atoms with Gasteiger partial charge in [-0.15, -0.1) is 0 Å². The summed E-state index contributed by atoms with van der Waals surface area (Å²) in [4.78, 5) is 22.9. The fourth-order valence-corrected chi connectivity index (χ4v) is 3.48. The maximum Gasteiger partial charge on any atom is 0.243 e. The van der Waals surface area contributed by atoms with Crippen LogP contribution in [0.3, 0.4) is 0 Å². The second kappa shape index (κ2) is 6.95. The molecule has 1 aromatic rings. The number of hydrogen-bond acceptors (Lipinski definition) is 3. The minimum Gasteiger partial charge on any atom is -0.347 e. The molecule has 0 fully saturated rings. The molecule has 1 atom stereocenters. The maximum absolute atomic E-state index is 11.8. The van der Waals surface area contributed by atoms with Gasteiger partial charge in [0.15, 0.2) is 0 Å². The Morgan fingerprint density at radius 2 is 2.30 bits per heavy atom. The van der Waals surface area contributed by atoms with Crippen molar-refractivity contribution in [2.75, 3.05) is 12.3 Å². The summed E-state index contributed by atoms with van der Waals surface area (Å²) in [7, 11) is 0. The molecule has 1 heterocycles. The highest BCUT2D eigenvalue weighted by Gasteiger charge is 2.22. The number of carbonyl (C=O) groups is 2. The molecule has 0 aromatic heterocycles. The van der Waals surface area contributed by atoms with E-state index >= 15 is 0 Å². The SMILES string of the molecule is C=CC(=O)NCC(=O)NC1CSCc2ccc(Br)cc21. The fraction of sp³-hybridized carbons (Fsp3) is 0.286. The number of amides is 2. The number of hydrogen-bond donors (Lipinski definition) is 2. The summed E-state index contributed by atoms with van der Waals surface area (Å²) in [6.07, 6.45) is 1.15. The first-order valence-electron chi connectivity index (χ1n) is 6.16. The van der Waals surface area contributed by atoms with Gasteiger partial charge in [0.05, 0.1) is 12.6 Å². The van der Waals surface area contributed by atoms with E-state index in [0.29, 0.717) is 0 Å². The van der Waals surface area contributed by atoms with Gasteiger partial charge in [-0.3, -0.25) is 9.59 Å². The van der Waals surface area contributed by atoms with Gasteiger partial charge in [0.1, 0.15) is 0 Å². The van der Waals surface area contributed by atoms with Crippen LogP contribution in [0.5, 0.6) is 0 Å². The lowest BCUT2D eigenvalue weighted by Gasteiger charge is -2.26. The van der Waals surface area contributed by atoms with Crippen molar-refractivity contribution < 1.29 is 9.59 Å². The molecule has 0 radical (unpaired) electrons. The molecule has 1 aromatic carbocycles. The Balaban J connectivity index is 2.01. The lowest BCUT2D eigenvalue weighted by atomic mass is 10.0. The highest BCUT2D eigenvalue weighted by Crippen LogP contribution is 2.33. The van der Waals surface area contributed by atoms with Crippen LogP contribution < -0.4 is 10.6 Å². The van der Waals surface area contributed by atoms with E-state index in [1.54, 1.807) is 11.8 Å². The van der Waals surface area contributed by atoms with Gasteiger partial charge in [0.2, 0.25) is 11.8 Å². The first kappa shape index (κ1) is 15.1. The van der Waals surface area contributed by atoms with E-state index in [-0.39, 0.29) is 24.4 Å². The van der Waals surface area contributed by atoms with Crippen LogP contribution in [0.25, 0.3) is 0 Å². The predicted octanol–water partition coefficient (Wildman–Crippen LogP) is 2.16. The van der Waals surface area contributed by atoms with Crippen molar-refractivity contribution in [2.24, 2.45) is 0 Å². The Morgan fingerprint density at radius 3 is 3.05 bits per heavy atom. The summed E-state index contributed by atoms with van der Waals surface area (Å²) < 4.78 is 1.00. The quantitative estimate of drug-likeness (QED) is 0.814. The molecule has 0 saturated heterocycles. The van der Waals surface area contributed by atoms with Crippen molar-refractivity contribution >= 4 is 39.5 Å². The Labute approximate surface area is 130 Å². The zero-order valence-corrected chi connectivity index (χ0v) is 13.2.